The molecule has 1 saturated heterocycles. The number of halogens is 2. The second-order valence-electron chi connectivity index (χ2n) is 6.80. The number of nitrogens with zero attached hydrogens (tertiary/aromatic N) is 1. The van der Waals surface area contributed by atoms with E-state index in [0.717, 1.165) is 18.5 Å². The molecule has 1 N–H and O–H groups in total. The van der Waals surface area contributed by atoms with Gasteiger partial charge in [-0.2, -0.15) is 0 Å². The van der Waals surface area contributed by atoms with Crippen LogP contribution in [0.2, 0.25) is 5.02 Å². The number of benzene rings is 2. The third-order valence-electron chi connectivity index (χ3n) is 4.90. The second kappa shape index (κ2) is 7.55. The molecule has 2 aromatic carbocycles. The first kappa shape index (κ1) is 19.1. The van der Waals surface area contributed by atoms with Gasteiger partial charge in [-0.3, -0.25) is 4.90 Å². The summed E-state index contributed by atoms with van der Waals surface area (Å²) in [4.78, 5) is 2.48. The molecule has 0 amide bonds. The van der Waals surface area contributed by atoms with Crippen molar-refractivity contribution in [3.8, 4) is 0 Å². The number of rotatable bonds is 5. The van der Waals surface area contributed by atoms with Gasteiger partial charge in [0.2, 0.25) is 0 Å². The van der Waals surface area contributed by atoms with E-state index in [9.17, 15) is 12.8 Å². The minimum absolute atomic E-state index is 0.0552. The fourth-order valence-electron chi connectivity index (χ4n) is 3.64. The number of nitrogens with one attached hydrogen (secondary N) is 1. The average Bonchev–Trinajstić information content (AvgIpc) is 2.96. The largest absolute Gasteiger partial charge is 0.384 e. The fraction of sp³-hybridized carbons (Fsp3) is 0.368. The van der Waals surface area contributed by atoms with E-state index in [-0.39, 0.29) is 17.0 Å². The van der Waals surface area contributed by atoms with E-state index in [1.165, 1.54) is 12.3 Å². The van der Waals surface area contributed by atoms with Crippen LogP contribution in [0.5, 0.6) is 0 Å². The lowest BCUT2D eigenvalue weighted by atomic mass is 9.93. The van der Waals surface area contributed by atoms with Crippen molar-refractivity contribution < 1.29 is 12.8 Å². The summed E-state index contributed by atoms with van der Waals surface area (Å²) in [6.45, 7) is 1.50. The molecule has 2 unspecified atom stereocenters. The Morgan fingerprint density at radius 2 is 2.00 bits per heavy atom. The van der Waals surface area contributed by atoms with Crippen LogP contribution in [0.4, 0.5) is 10.1 Å². The molecule has 3 rings (SSSR count). The first-order chi connectivity index (χ1) is 12.3. The SMILES string of the molecule is CN1CCC(CNc2ccccc2S(C)(=O)=O)C1c1ccc(Cl)c(F)c1. The van der Waals surface area contributed by atoms with Crippen LogP contribution in [-0.4, -0.2) is 39.7 Å². The van der Waals surface area contributed by atoms with Gasteiger partial charge in [-0.15, -0.1) is 0 Å². The van der Waals surface area contributed by atoms with Gasteiger partial charge in [-0.05, 0) is 55.8 Å². The van der Waals surface area contributed by atoms with Gasteiger partial charge in [-0.25, -0.2) is 12.8 Å². The van der Waals surface area contributed by atoms with Gasteiger partial charge in [0.15, 0.2) is 9.84 Å². The maximum atomic E-state index is 13.9. The standard InChI is InChI=1S/C19H22ClFN2O2S/c1-23-10-9-14(19(23)13-7-8-15(20)16(21)11-13)12-22-17-5-3-4-6-18(17)26(2,24)25/h3-8,11,14,19,22H,9-10,12H2,1-2H3. The summed E-state index contributed by atoms with van der Waals surface area (Å²) in [5.74, 6) is -0.188. The molecule has 0 aliphatic carbocycles. The Morgan fingerprint density at radius 3 is 2.69 bits per heavy atom. The molecule has 0 bridgehead atoms. The first-order valence-electron chi connectivity index (χ1n) is 8.45. The lowest BCUT2D eigenvalue weighted by molar-refractivity contribution is 0.281. The van der Waals surface area contributed by atoms with Crippen molar-refractivity contribution in [1.29, 1.82) is 0 Å². The molecular formula is C19H22ClFN2O2S. The summed E-state index contributed by atoms with van der Waals surface area (Å²) >= 11 is 5.80. The molecule has 26 heavy (non-hydrogen) atoms. The summed E-state index contributed by atoms with van der Waals surface area (Å²) in [6.07, 6.45) is 2.15. The number of para-hydroxylation sites is 1. The third kappa shape index (κ3) is 4.03. The minimum Gasteiger partial charge on any atom is -0.384 e. The fourth-order valence-corrected chi connectivity index (χ4v) is 4.62. The van der Waals surface area contributed by atoms with E-state index in [4.69, 9.17) is 11.6 Å². The van der Waals surface area contributed by atoms with Gasteiger partial charge in [0.25, 0.3) is 0 Å². The molecule has 0 spiro atoms. The summed E-state index contributed by atoms with van der Waals surface area (Å²) in [7, 11) is -1.29. The third-order valence-corrected chi connectivity index (χ3v) is 6.36. The molecule has 1 aliphatic heterocycles. The Balaban J connectivity index is 1.80. The summed E-state index contributed by atoms with van der Waals surface area (Å²) < 4.78 is 37.8. The molecule has 1 aliphatic rings. The Labute approximate surface area is 158 Å². The molecule has 1 heterocycles. The van der Waals surface area contributed by atoms with E-state index >= 15 is 0 Å². The van der Waals surface area contributed by atoms with Crippen LogP contribution < -0.4 is 5.32 Å². The summed E-state index contributed by atoms with van der Waals surface area (Å²) in [5.41, 5.74) is 1.49. The number of hydrogen-bond acceptors (Lipinski definition) is 4. The molecule has 2 atom stereocenters. The summed E-state index contributed by atoms with van der Waals surface area (Å²) in [5, 5.41) is 3.40. The normalized spacial score (nSPS) is 21.1. The van der Waals surface area contributed by atoms with Crippen LogP contribution in [0.25, 0.3) is 0 Å². The van der Waals surface area contributed by atoms with Crippen LogP contribution in [0, 0.1) is 11.7 Å². The number of anilines is 1. The Hall–Kier alpha value is -1.63. The minimum atomic E-state index is -3.30. The number of hydrogen-bond donors (Lipinski definition) is 1. The number of likely N-dealkylation sites (tertiary alicyclic amines) is 1. The van der Waals surface area contributed by atoms with Crippen molar-refractivity contribution in [3.05, 3.63) is 58.9 Å². The zero-order valence-corrected chi connectivity index (χ0v) is 16.3. The van der Waals surface area contributed by atoms with E-state index in [1.54, 1.807) is 24.3 Å². The van der Waals surface area contributed by atoms with Crippen LogP contribution in [-0.2, 0) is 9.84 Å². The van der Waals surface area contributed by atoms with Gasteiger partial charge in [0.1, 0.15) is 5.82 Å². The van der Waals surface area contributed by atoms with Gasteiger partial charge in [0, 0.05) is 18.8 Å². The van der Waals surface area contributed by atoms with Gasteiger partial charge in [-0.1, -0.05) is 29.8 Å². The smallest absolute Gasteiger partial charge is 0.177 e. The quantitative estimate of drug-likeness (QED) is 0.830. The maximum Gasteiger partial charge on any atom is 0.177 e. The predicted octanol–water partition coefficient (Wildman–Crippen LogP) is 3.99. The van der Waals surface area contributed by atoms with Crippen LogP contribution in [0.15, 0.2) is 47.4 Å². The molecule has 7 heteroatoms. The topological polar surface area (TPSA) is 49.4 Å². The molecular weight excluding hydrogens is 375 g/mol. The average molecular weight is 397 g/mol. The van der Waals surface area contributed by atoms with Crippen molar-refractivity contribution in [3.63, 3.8) is 0 Å². The van der Waals surface area contributed by atoms with Gasteiger partial charge >= 0.3 is 0 Å². The predicted molar refractivity (Wildman–Crippen MR) is 103 cm³/mol. The lowest BCUT2D eigenvalue weighted by Crippen LogP contribution is -2.25. The summed E-state index contributed by atoms with van der Waals surface area (Å²) in [6, 6.07) is 11.9. The number of sulfone groups is 1. The molecule has 0 saturated carbocycles. The molecule has 1 fully saturated rings. The van der Waals surface area contributed by atoms with Crippen molar-refractivity contribution >= 4 is 27.1 Å². The van der Waals surface area contributed by atoms with E-state index in [1.807, 2.05) is 19.2 Å². The van der Waals surface area contributed by atoms with Gasteiger partial charge in [0.05, 0.1) is 15.6 Å². The molecule has 4 nitrogen and oxygen atoms in total. The molecule has 0 radical (unpaired) electrons. The highest BCUT2D eigenvalue weighted by Crippen LogP contribution is 2.37. The molecule has 140 valence electrons. The Kier molecular flexibility index (Phi) is 5.55. The Bertz CT molecular complexity index is 904. The van der Waals surface area contributed by atoms with E-state index in [0.29, 0.717) is 17.1 Å². The van der Waals surface area contributed by atoms with Crippen molar-refractivity contribution in [2.45, 2.75) is 17.4 Å². The van der Waals surface area contributed by atoms with Crippen LogP contribution >= 0.6 is 11.6 Å². The maximum absolute atomic E-state index is 13.9. The van der Waals surface area contributed by atoms with Crippen molar-refractivity contribution in [1.82, 2.24) is 4.90 Å². The highest BCUT2D eigenvalue weighted by Gasteiger charge is 2.33. The monoisotopic (exact) mass is 396 g/mol. The first-order valence-corrected chi connectivity index (χ1v) is 10.7. The zero-order chi connectivity index (χ0) is 18.9. The van der Waals surface area contributed by atoms with Crippen molar-refractivity contribution in [2.75, 3.05) is 31.7 Å². The highest BCUT2D eigenvalue weighted by molar-refractivity contribution is 7.90. The molecule has 0 aromatic heterocycles. The van der Waals surface area contributed by atoms with Crippen LogP contribution in [0.1, 0.15) is 18.0 Å². The van der Waals surface area contributed by atoms with Crippen molar-refractivity contribution in [2.24, 2.45) is 5.92 Å². The Morgan fingerprint density at radius 1 is 1.27 bits per heavy atom. The zero-order valence-electron chi connectivity index (χ0n) is 14.7. The second-order valence-corrected chi connectivity index (χ2v) is 9.19. The van der Waals surface area contributed by atoms with E-state index in [2.05, 4.69) is 10.2 Å². The van der Waals surface area contributed by atoms with Crippen LogP contribution in [0.3, 0.4) is 0 Å². The molecule has 2 aromatic rings. The highest BCUT2D eigenvalue weighted by atomic mass is 35.5. The van der Waals surface area contributed by atoms with Gasteiger partial charge < -0.3 is 5.32 Å². The lowest BCUT2D eigenvalue weighted by Gasteiger charge is -2.26. The van der Waals surface area contributed by atoms with E-state index < -0.39 is 15.7 Å².